The highest BCUT2D eigenvalue weighted by Crippen LogP contribution is 2.36. The van der Waals surface area contributed by atoms with Crippen LogP contribution in [-0.4, -0.2) is 18.5 Å². The van der Waals surface area contributed by atoms with E-state index in [1.54, 1.807) is 0 Å². The van der Waals surface area contributed by atoms with Crippen LogP contribution >= 0.6 is 0 Å². The smallest absolute Gasteiger partial charge is 0.227 e. The summed E-state index contributed by atoms with van der Waals surface area (Å²) >= 11 is 0. The van der Waals surface area contributed by atoms with Crippen molar-refractivity contribution in [2.24, 2.45) is 11.1 Å². The Kier molecular flexibility index (Phi) is 4.02. The molecule has 3 heteroatoms. The van der Waals surface area contributed by atoms with Crippen LogP contribution in [0.5, 0.6) is 0 Å². The molecule has 1 saturated carbocycles. The highest BCUT2D eigenvalue weighted by molar-refractivity contribution is 5.83. The van der Waals surface area contributed by atoms with Gasteiger partial charge < -0.3 is 11.1 Å². The lowest BCUT2D eigenvalue weighted by atomic mass is 9.84. The third-order valence-electron chi connectivity index (χ3n) is 4.09. The summed E-state index contributed by atoms with van der Waals surface area (Å²) in [6, 6.07) is 10.2. The summed E-state index contributed by atoms with van der Waals surface area (Å²) in [6.07, 6.45) is 3.80. The number of hydrogen-bond acceptors (Lipinski definition) is 2. The molecule has 0 heterocycles. The third kappa shape index (κ3) is 2.72. The zero-order valence-electron chi connectivity index (χ0n) is 11.0. The van der Waals surface area contributed by atoms with E-state index in [9.17, 15) is 4.79 Å². The zero-order chi connectivity index (χ0) is 13.0. The van der Waals surface area contributed by atoms with Crippen LogP contribution in [0, 0.1) is 5.41 Å². The second kappa shape index (κ2) is 5.53. The predicted octanol–water partition coefficient (Wildman–Crippen LogP) is 1.86. The maximum Gasteiger partial charge on any atom is 0.227 e. The zero-order valence-corrected chi connectivity index (χ0v) is 11.0. The Morgan fingerprint density at radius 3 is 2.78 bits per heavy atom. The van der Waals surface area contributed by atoms with Crippen LogP contribution in [0.3, 0.4) is 0 Å². The molecular weight excluding hydrogens is 224 g/mol. The average molecular weight is 246 g/mol. The molecule has 1 aliphatic rings. The van der Waals surface area contributed by atoms with Crippen LogP contribution in [0.2, 0.25) is 0 Å². The highest BCUT2D eigenvalue weighted by atomic mass is 16.2. The van der Waals surface area contributed by atoms with E-state index in [2.05, 4.69) is 17.4 Å². The summed E-state index contributed by atoms with van der Waals surface area (Å²) in [5, 5.41) is 3.03. The van der Waals surface area contributed by atoms with Gasteiger partial charge in [0, 0.05) is 12.6 Å². The van der Waals surface area contributed by atoms with Crippen molar-refractivity contribution in [1.82, 2.24) is 5.32 Å². The van der Waals surface area contributed by atoms with Crippen molar-refractivity contribution >= 4 is 5.91 Å². The Labute approximate surface area is 109 Å². The van der Waals surface area contributed by atoms with Gasteiger partial charge in [0.05, 0.1) is 5.41 Å². The number of hydrogen-bond donors (Lipinski definition) is 2. The van der Waals surface area contributed by atoms with Gasteiger partial charge in [-0.1, -0.05) is 36.8 Å². The lowest BCUT2D eigenvalue weighted by molar-refractivity contribution is -0.130. The van der Waals surface area contributed by atoms with Gasteiger partial charge in [0.2, 0.25) is 5.91 Å². The number of nitrogens with two attached hydrogens (primary N) is 1. The molecule has 0 aromatic heterocycles. The van der Waals surface area contributed by atoms with Gasteiger partial charge in [0.25, 0.3) is 0 Å². The maximum absolute atomic E-state index is 12.2. The lowest BCUT2D eigenvalue weighted by Gasteiger charge is -2.27. The van der Waals surface area contributed by atoms with E-state index in [1.807, 2.05) is 25.1 Å². The maximum atomic E-state index is 12.2. The Bertz CT molecular complexity index is 404. The van der Waals surface area contributed by atoms with Gasteiger partial charge in [0.15, 0.2) is 0 Å². The number of amides is 1. The minimum Gasteiger partial charge on any atom is -0.355 e. The lowest BCUT2D eigenvalue weighted by Crippen LogP contribution is -2.47. The van der Waals surface area contributed by atoms with Crippen molar-refractivity contribution in [3.05, 3.63) is 35.9 Å². The molecule has 1 fully saturated rings. The Hall–Kier alpha value is -1.35. The molecule has 0 radical (unpaired) electrons. The minimum absolute atomic E-state index is 0.00854. The molecule has 1 amide bonds. The monoisotopic (exact) mass is 246 g/mol. The molecule has 3 nitrogen and oxygen atoms in total. The Balaban J connectivity index is 1.82. The summed E-state index contributed by atoms with van der Waals surface area (Å²) in [7, 11) is 0. The van der Waals surface area contributed by atoms with Crippen LogP contribution in [0.1, 0.15) is 31.7 Å². The van der Waals surface area contributed by atoms with Gasteiger partial charge >= 0.3 is 0 Å². The molecule has 2 rings (SSSR count). The van der Waals surface area contributed by atoms with Crippen molar-refractivity contribution in [3.63, 3.8) is 0 Å². The van der Waals surface area contributed by atoms with Crippen LogP contribution < -0.4 is 11.1 Å². The number of benzene rings is 1. The van der Waals surface area contributed by atoms with E-state index in [1.165, 1.54) is 5.56 Å². The third-order valence-corrected chi connectivity index (χ3v) is 4.09. The molecule has 0 saturated heterocycles. The van der Waals surface area contributed by atoms with E-state index in [0.717, 1.165) is 25.7 Å². The first kappa shape index (κ1) is 13.1. The molecule has 2 atom stereocenters. The summed E-state index contributed by atoms with van der Waals surface area (Å²) in [4.78, 5) is 12.2. The second-order valence-corrected chi connectivity index (χ2v) is 5.41. The highest BCUT2D eigenvalue weighted by Gasteiger charge is 2.42. The van der Waals surface area contributed by atoms with Crippen molar-refractivity contribution in [2.45, 2.75) is 38.6 Å². The fourth-order valence-electron chi connectivity index (χ4n) is 2.64. The topological polar surface area (TPSA) is 55.1 Å². The largest absolute Gasteiger partial charge is 0.355 e. The quantitative estimate of drug-likeness (QED) is 0.852. The van der Waals surface area contributed by atoms with Gasteiger partial charge in [-0.2, -0.15) is 0 Å². The summed E-state index contributed by atoms with van der Waals surface area (Å²) < 4.78 is 0. The van der Waals surface area contributed by atoms with Crippen LogP contribution in [-0.2, 0) is 11.2 Å². The fourth-order valence-corrected chi connectivity index (χ4v) is 2.64. The summed E-state index contributed by atoms with van der Waals surface area (Å²) in [5.41, 5.74) is 6.92. The average Bonchev–Trinajstić information content (AvgIpc) is 2.72. The van der Waals surface area contributed by atoms with E-state index in [-0.39, 0.29) is 17.4 Å². The standard InChI is InChI=1S/C15H22N2O/c1-15(10-5-8-13(15)16)14(18)17-11-9-12-6-3-2-4-7-12/h2-4,6-7,13H,5,8-11,16H2,1H3,(H,17,18). The molecule has 3 N–H and O–H groups in total. The normalized spacial score (nSPS) is 27.1. The van der Waals surface area contributed by atoms with E-state index >= 15 is 0 Å². The summed E-state index contributed by atoms with van der Waals surface area (Å²) in [5.74, 6) is 0.114. The first-order valence-corrected chi connectivity index (χ1v) is 6.71. The molecule has 0 bridgehead atoms. The molecule has 0 aliphatic heterocycles. The SMILES string of the molecule is CC1(C(=O)NCCc2ccccc2)CCCC1N. The van der Waals surface area contributed by atoms with Gasteiger partial charge in [-0.25, -0.2) is 0 Å². The molecule has 2 unspecified atom stereocenters. The fraction of sp³-hybridized carbons (Fsp3) is 0.533. The van der Waals surface area contributed by atoms with Crippen molar-refractivity contribution in [1.29, 1.82) is 0 Å². The van der Waals surface area contributed by atoms with Gasteiger partial charge in [0.1, 0.15) is 0 Å². The molecule has 98 valence electrons. The first-order valence-electron chi connectivity index (χ1n) is 6.71. The van der Waals surface area contributed by atoms with Crippen LogP contribution in [0.25, 0.3) is 0 Å². The molecule has 1 aliphatic carbocycles. The van der Waals surface area contributed by atoms with E-state index < -0.39 is 0 Å². The van der Waals surface area contributed by atoms with Gasteiger partial charge in [-0.05, 0) is 31.7 Å². The Morgan fingerprint density at radius 2 is 2.17 bits per heavy atom. The predicted molar refractivity (Wildman–Crippen MR) is 73.1 cm³/mol. The van der Waals surface area contributed by atoms with Crippen LogP contribution in [0.4, 0.5) is 0 Å². The van der Waals surface area contributed by atoms with Gasteiger partial charge in [-0.15, -0.1) is 0 Å². The number of rotatable bonds is 4. The second-order valence-electron chi connectivity index (χ2n) is 5.41. The van der Waals surface area contributed by atoms with Crippen LogP contribution in [0.15, 0.2) is 30.3 Å². The van der Waals surface area contributed by atoms with E-state index in [0.29, 0.717) is 6.54 Å². The minimum atomic E-state index is -0.364. The first-order chi connectivity index (χ1) is 8.63. The molecule has 18 heavy (non-hydrogen) atoms. The van der Waals surface area contributed by atoms with Gasteiger partial charge in [-0.3, -0.25) is 4.79 Å². The van der Waals surface area contributed by atoms with Crippen molar-refractivity contribution < 1.29 is 4.79 Å². The number of carbonyl (C=O) groups is 1. The molecule has 1 aromatic rings. The molecular formula is C15H22N2O. The number of carbonyl (C=O) groups excluding carboxylic acids is 1. The van der Waals surface area contributed by atoms with Crippen molar-refractivity contribution in [2.75, 3.05) is 6.54 Å². The number of nitrogens with one attached hydrogen (secondary N) is 1. The molecule has 1 aromatic carbocycles. The molecule has 0 spiro atoms. The Morgan fingerprint density at radius 1 is 1.44 bits per heavy atom. The summed E-state index contributed by atoms with van der Waals surface area (Å²) in [6.45, 7) is 2.67. The van der Waals surface area contributed by atoms with E-state index in [4.69, 9.17) is 5.73 Å². The van der Waals surface area contributed by atoms with Crippen molar-refractivity contribution in [3.8, 4) is 0 Å².